The third-order valence-corrected chi connectivity index (χ3v) is 7.92. The minimum atomic E-state index is -0.718. The lowest BCUT2D eigenvalue weighted by atomic mass is 9.90. The summed E-state index contributed by atoms with van der Waals surface area (Å²) in [6.07, 6.45) is -0.0645. The summed E-state index contributed by atoms with van der Waals surface area (Å²) < 4.78 is 20.1. The summed E-state index contributed by atoms with van der Waals surface area (Å²) in [7, 11) is 3.09. The predicted octanol–water partition coefficient (Wildman–Crippen LogP) is 5.50. The van der Waals surface area contributed by atoms with Crippen LogP contribution in [0, 0.1) is 5.82 Å². The zero-order valence-electron chi connectivity index (χ0n) is 25.5. The van der Waals surface area contributed by atoms with Gasteiger partial charge < -0.3 is 30.0 Å². The van der Waals surface area contributed by atoms with E-state index < -0.39 is 17.8 Å². The zero-order chi connectivity index (χ0) is 31.7. The number of halogens is 1. The number of rotatable bonds is 6. The fraction of sp³-hybridized carbons (Fsp3) is 0.303. The molecule has 1 aromatic heterocycles. The average molecular weight is 612 g/mol. The maximum atomic E-state index is 14.5. The number of ether oxygens (including phenoxy) is 1. The second-order valence-corrected chi connectivity index (χ2v) is 11.3. The van der Waals surface area contributed by atoms with Crippen molar-refractivity contribution in [1.82, 2.24) is 14.9 Å². The molecular formula is C33H34FN7O4. The quantitative estimate of drug-likeness (QED) is 0.296. The van der Waals surface area contributed by atoms with Crippen molar-refractivity contribution >= 4 is 45.7 Å². The van der Waals surface area contributed by atoms with Gasteiger partial charge in [-0.25, -0.2) is 19.2 Å². The molecule has 3 heterocycles. The van der Waals surface area contributed by atoms with E-state index in [1.54, 1.807) is 26.2 Å². The van der Waals surface area contributed by atoms with E-state index in [4.69, 9.17) is 19.5 Å². The molecule has 2 aliphatic rings. The molecule has 0 aliphatic carbocycles. The summed E-state index contributed by atoms with van der Waals surface area (Å²) in [6, 6.07) is 16.8. The number of anilines is 3. The number of nitrogens with one attached hydrogen (secondary N) is 2. The van der Waals surface area contributed by atoms with Crippen molar-refractivity contribution in [2.24, 2.45) is 5.16 Å². The van der Waals surface area contributed by atoms with E-state index >= 15 is 0 Å². The number of amides is 3. The largest absolute Gasteiger partial charge is 0.392 e. The van der Waals surface area contributed by atoms with Gasteiger partial charge in [-0.2, -0.15) is 0 Å². The van der Waals surface area contributed by atoms with Crippen LogP contribution in [0.1, 0.15) is 35.7 Å². The minimum absolute atomic E-state index is 0.0473. The van der Waals surface area contributed by atoms with E-state index in [-0.39, 0.29) is 23.3 Å². The Hall–Kier alpha value is -5.10. The van der Waals surface area contributed by atoms with Crippen molar-refractivity contribution < 1.29 is 23.6 Å². The number of oxime groups is 1. The molecule has 1 saturated heterocycles. The molecule has 45 heavy (non-hydrogen) atoms. The molecule has 3 aromatic carbocycles. The summed E-state index contributed by atoms with van der Waals surface area (Å²) in [4.78, 5) is 43.7. The van der Waals surface area contributed by atoms with Gasteiger partial charge in [0, 0.05) is 49.5 Å². The molecule has 0 saturated carbocycles. The van der Waals surface area contributed by atoms with Crippen molar-refractivity contribution in [1.29, 1.82) is 0 Å². The molecule has 12 heteroatoms. The lowest BCUT2D eigenvalue weighted by molar-refractivity contribution is 0.0823. The molecule has 2 N–H and O–H groups in total. The fourth-order valence-corrected chi connectivity index (χ4v) is 5.61. The number of carbonyl (C=O) groups excluding carboxylic acids is 2. The first-order valence-corrected chi connectivity index (χ1v) is 14.7. The molecule has 0 radical (unpaired) electrons. The molecule has 11 nitrogen and oxygen atoms in total. The molecule has 2 aliphatic heterocycles. The number of hydrogen-bond donors (Lipinski definition) is 2. The van der Waals surface area contributed by atoms with E-state index in [0.717, 1.165) is 52.7 Å². The van der Waals surface area contributed by atoms with Crippen LogP contribution >= 0.6 is 0 Å². The Kier molecular flexibility index (Phi) is 8.31. The van der Waals surface area contributed by atoms with Gasteiger partial charge in [0.15, 0.2) is 5.82 Å². The van der Waals surface area contributed by atoms with Gasteiger partial charge in [0.25, 0.3) is 5.91 Å². The molecule has 0 bridgehead atoms. The summed E-state index contributed by atoms with van der Waals surface area (Å²) in [5, 5.41) is 10.5. The average Bonchev–Trinajstić information content (AvgIpc) is 3.37. The van der Waals surface area contributed by atoms with Gasteiger partial charge in [0.1, 0.15) is 17.7 Å². The first kappa shape index (κ1) is 29.9. The first-order valence-electron chi connectivity index (χ1n) is 14.7. The standard InChI is InChI=1S/C33H34FN7O4/c1-19-29(20(2)45-39-19)22-7-11-26-28(17-22)37-30(38-31(26)41-13-15-44-16-14-41)21-5-8-23(9-6-21)35-33(43)36-24-10-12-25(27(34)18-24)32(42)40(3)4/h5-12,17-18,20,29H,13-16H2,1-4H3,(H2,35,36,43). The molecule has 232 valence electrons. The monoisotopic (exact) mass is 611 g/mol. The van der Waals surface area contributed by atoms with E-state index in [0.29, 0.717) is 24.7 Å². The highest BCUT2D eigenvalue weighted by molar-refractivity contribution is 6.01. The Morgan fingerprint density at radius 3 is 2.33 bits per heavy atom. The van der Waals surface area contributed by atoms with E-state index in [9.17, 15) is 14.0 Å². The molecule has 0 spiro atoms. The normalized spacial score (nSPS) is 17.9. The van der Waals surface area contributed by atoms with Crippen LogP contribution in [0.15, 0.2) is 65.8 Å². The lowest BCUT2D eigenvalue weighted by Gasteiger charge is -2.29. The van der Waals surface area contributed by atoms with Crippen molar-refractivity contribution in [3.63, 3.8) is 0 Å². The van der Waals surface area contributed by atoms with Crippen LogP contribution in [0.5, 0.6) is 0 Å². The topological polar surface area (TPSA) is 121 Å². The molecule has 6 rings (SSSR count). The number of fused-ring (bicyclic) bond motifs is 1. The van der Waals surface area contributed by atoms with E-state index in [1.807, 2.05) is 26.0 Å². The highest BCUT2D eigenvalue weighted by Crippen LogP contribution is 2.34. The molecular weight excluding hydrogens is 577 g/mol. The van der Waals surface area contributed by atoms with Gasteiger partial charge in [-0.3, -0.25) is 4.79 Å². The molecule has 1 fully saturated rings. The van der Waals surface area contributed by atoms with Crippen LogP contribution in [-0.4, -0.2) is 79.0 Å². The second kappa shape index (κ2) is 12.5. The van der Waals surface area contributed by atoms with Crippen LogP contribution in [-0.2, 0) is 9.57 Å². The van der Waals surface area contributed by atoms with Crippen LogP contribution in [0.2, 0.25) is 0 Å². The van der Waals surface area contributed by atoms with Gasteiger partial charge in [0.05, 0.1) is 35.9 Å². The molecule has 3 amide bonds. The summed E-state index contributed by atoms with van der Waals surface area (Å²) in [5.41, 5.74) is 4.28. The third kappa shape index (κ3) is 6.27. The van der Waals surface area contributed by atoms with Gasteiger partial charge in [0.2, 0.25) is 0 Å². The number of hydrogen-bond acceptors (Lipinski definition) is 8. The van der Waals surface area contributed by atoms with E-state index in [1.165, 1.54) is 17.0 Å². The van der Waals surface area contributed by atoms with Crippen LogP contribution in [0.25, 0.3) is 22.3 Å². The Labute approximate surface area is 260 Å². The number of aromatic nitrogens is 2. The second-order valence-electron chi connectivity index (χ2n) is 11.3. The molecule has 4 aromatic rings. The summed E-state index contributed by atoms with van der Waals surface area (Å²) in [5.74, 6) is 0.272. The fourth-order valence-electron chi connectivity index (χ4n) is 5.61. The Morgan fingerprint density at radius 1 is 0.956 bits per heavy atom. The minimum Gasteiger partial charge on any atom is -0.392 e. The number of carbonyl (C=O) groups is 2. The van der Waals surface area contributed by atoms with Gasteiger partial charge in [-0.1, -0.05) is 11.2 Å². The molecule has 2 unspecified atom stereocenters. The van der Waals surface area contributed by atoms with Crippen molar-refractivity contribution in [2.75, 3.05) is 55.9 Å². The molecule has 2 atom stereocenters. The Bertz CT molecular complexity index is 1790. The maximum Gasteiger partial charge on any atom is 0.323 e. The highest BCUT2D eigenvalue weighted by atomic mass is 19.1. The summed E-state index contributed by atoms with van der Waals surface area (Å²) in [6.45, 7) is 6.68. The van der Waals surface area contributed by atoms with Gasteiger partial charge in [-0.05, 0) is 74.0 Å². The first-order chi connectivity index (χ1) is 21.7. The predicted molar refractivity (Wildman–Crippen MR) is 171 cm³/mol. The Morgan fingerprint density at radius 2 is 1.67 bits per heavy atom. The Balaban J connectivity index is 1.24. The van der Waals surface area contributed by atoms with Crippen LogP contribution in [0.4, 0.5) is 26.4 Å². The smallest absolute Gasteiger partial charge is 0.323 e. The summed E-state index contributed by atoms with van der Waals surface area (Å²) >= 11 is 0. The number of morpholine rings is 1. The number of benzene rings is 3. The lowest BCUT2D eigenvalue weighted by Crippen LogP contribution is -2.37. The van der Waals surface area contributed by atoms with Crippen molar-refractivity contribution in [2.45, 2.75) is 25.9 Å². The van der Waals surface area contributed by atoms with Crippen molar-refractivity contribution in [3.05, 3.63) is 77.6 Å². The van der Waals surface area contributed by atoms with Gasteiger partial charge >= 0.3 is 6.03 Å². The van der Waals surface area contributed by atoms with Crippen LogP contribution < -0.4 is 15.5 Å². The highest BCUT2D eigenvalue weighted by Gasteiger charge is 2.30. The maximum absolute atomic E-state index is 14.5. The third-order valence-electron chi connectivity index (χ3n) is 7.92. The van der Waals surface area contributed by atoms with E-state index in [2.05, 4.69) is 38.9 Å². The number of nitrogens with zero attached hydrogens (tertiary/aromatic N) is 5. The van der Waals surface area contributed by atoms with Gasteiger partial charge in [-0.15, -0.1) is 0 Å². The van der Waals surface area contributed by atoms with Crippen molar-refractivity contribution in [3.8, 4) is 11.4 Å². The SMILES string of the molecule is CC1=NOC(C)C1c1ccc2c(N3CCOCC3)nc(-c3ccc(NC(=O)Nc4ccc(C(=O)N(C)C)c(F)c4)cc3)nc2c1. The number of urea groups is 1. The van der Waals surface area contributed by atoms with Crippen LogP contribution in [0.3, 0.4) is 0 Å². The zero-order valence-corrected chi connectivity index (χ0v) is 25.5.